The smallest absolute Gasteiger partial charge is 0.247 e. The van der Waals surface area contributed by atoms with E-state index >= 15 is 0 Å². The molecule has 0 saturated heterocycles. The SMILES string of the molecule is COc1ccc(S(=O)(=O)N(CCc2cccs2)C2CC2)c(OC)c1. The molecule has 0 unspecified atom stereocenters. The van der Waals surface area contributed by atoms with Gasteiger partial charge in [-0.2, -0.15) is 4.31 Å². The predicted molar refractivity (Wildman–Crippen MR) is 94.5 cm³/mol. The van der Waals surface area contributed by atoms with E-state index in [1.807, 2.05) is 17.5 Å². The van der Waals surface area contributed by atoms with E-state index in [1.54, 1.807) is 41.0 Å². The highest BCUT2D eigenvalue weighted by Crippen LogP contribution is 2.36. The average Bonchev–Trinajstić information content (AvgIpc) is 3.28. The van der Waals surface area contributed by atoms with Gasteiger partial charge in [-0.25, -0.2) is 8.42 Å². The van der Waals surface area contributed by atoms with Gasteiger partial charge >= 0.3 is 0 Å². The molecule has 2 aromatic rings. The highest BCUT2D eigenvalue weighted by molar-refractivity contribution is 7.89. The zero-order chi connectivity index (χ0) is 17.2. The summed E-state index contributed by atoms with van der Waals surface area (Å²) in [5, 5.41) is 2.01. The zero-order valence-electron chi connectivity index (χ0n) is 13.8. The summed E-state index contributed by atoms with van der Waals surface area (Å²) in [5.41, 5.74) is 0. The molecule has 3 rings (SSSR count). The minimum atomic E-state index is -3.60. The molecule has 1 aliphatic rings. The third kappa shape index (κ3) is 3.58. The van der Waals surface area contributed by atoms with Gasteiger partial charge in [-0.05, 0) is 42.8 Å². The fraction of sp³-hybridized carbons (Fsp3) is 0.412. The lowest BCUT2D eigenvalue weighted by Gasteiger charge is -2.23. The topological polar surface area (TPSA) is 55.8 Å². The van der Waals surface area contributed by atoms with E-state index in [2.05, 4.69) is 0 Å². The van der Waals surface area contributed by atoms with Crippen LogP contribution in [0.2, 0.25) is 0 Å². The van der Waals surface area contributed by atoms with E-state index in [0.29, 0.717) is 18.0 Å². The second kappa shape index (κ2) is 7.13. The second-order valence-electron chi connectivity index (χ2n) is 5.69. The maximum Gasteiger partial charge on any atom is 0.247 e. The number of rotatable bonds is 8. The van der Waals surface area contributed by atoms with Gasteiger partial charge in [-0.3, -0.25) is 0 Å². The summed E-state index contributed by atoms with van der Waals surface area (Å²) >= 11 is 1.65. The van der Waals surface area contributed by atoms with E-state index in [9.17, 15) is 8.42 Å². The second-order valence-corrected chi connectivity index (χ2v) is 8.58. The Morgan fingerprint density at radius 2 is 2.00 bits per heavy atom. The molecular weight excluding hydrogens is 346 g/mol. The molecule has 0 atom stereocenters. The molecule has 24 heavy (non-hydrogen) atoms. The van der Waals surface area contributed by atoms with E-state index in [0.717, 1.165) is 19.3 Å². The molecule has 0 spiro atoms. The first-order valence-corrected chi connectivity index (χ1v) is 10.1. The largest absolute Gasteiger partial charge is 0.497 e. The number of methoxy groups -OCH3 is 2. The molecule has 0 bridgehead atoms. The number of hydrogen-bond acceptors (Lipinski definition) is 5. The van der Waals surface area contributed by atoms with Crippen molar-refractivity contribution >= 4 is 21.4 Å². The summed E-state index contributed by atoms with van der Waals surface area (Å²) < 4.78 is 38.4. The average molecular weight is 367 g/mol. The highest BCUT2D eigenvalue weighted by Gasteiger charge is 2.39. The molecule has 1 aromatic carbocycles. The van der Waals surface area contributed by atoms with Crippen LogP contribution in [-0.4, -0.2) is 39.5 Å². The molecule has 130 valence electrons. The summed E-state index contributed by atoms with van der Waals surface area (Å²) in [6.45, 7) is 0.489. The summed E-state index contributed by atoms with van der Waals surface area (Å²) in [6, 6.07) is 8.95. The molecule has 1 heterocycles. The molecule has 1 aromatic heterocycles. The minimum absolute atomic E-state index is 0.0989. The van der Waals surface area contributed by atoms with Crippen molar-refractivity contribution in [3.63, 3.8) is 0 Å². The fourth-order valence-corrected chi connectivity index (χ4v) is 5.17. The lowest BCUT2D eigenvalue weighted by molar-refractivity contribution is 0.377. The summed E-state index contributed by atoms with van der Waals surface area (Å²) in [4.78, 5) is 1.39. The van der Waals surface area contributed by atoms with Crippen molar-refractivity contribution < 1.29 is 17.9 Å². The lowest BCUT2D eigenvalue weighted by Crippen LogP contribution is -2.35. The van der Waals surface area contributed by atoms with E-state index in [4.69, 9.17) is 9.47 Å². The Morgan fingerprint density at radius 3 is 2.58 bits per heavy atom. The third-order valence-corrected chi connectivity index (χ3v) is 7.00. The van der Waals surface area contributed by atoms with Crippen LogP contribution in [0.15, 0.2) is 40.6 Å². The van der Waals surface area contributed by atoms with Crippen LogP contribution in [0, 0.1) is 0 Å². The Hall–Kier alpha value is -1.57. The lowest BCUT2D eigenvalue weighted by atomic mass is 10.3. The maximum atomic E-state index is 13.2. The molecular formula is C17H21NO4S2. The molecule has 1 aliphatic carbocycles. The monoisotopic (exact) mass is 367 g/mol. The Bertz CT molecular complexity index is 783. The van der Waals surface area contributed by atoms with Gasteiger partial charge in [0.2, 0.25) is 10.0 Å². The standard InChI is InChI=1S/C17H21NO4S2/c1-21-14-7-8-17(16(12-14)22-2)24(19,20)18(13-5-6-13)10-9-15-4-3-11-23-15/h3-4,7-8,11-13H,5-6,9-10H2,1-2H3. The fourth-order valence-electron chi connectivity index (χ4n) is 2.65. The van der Waals surface area contributed by atoms with Crippen LogP contribution in [0.1, 0.15) is 17.7 Å². The summed E-state index contributed by atoms with van der Waals surface area (Å²) in [7, 11) is -0.586. The first kappa shape index (κ1) is 17.3. The van der Waals surface area contributed by atoms with Crippen LogP contribution < -0.4 is 9.47 Å². The number of hydrogen-bond donors (Lipinski definition) is 0. The zero-order valence-corrected chi connectivity index (χ0v) is 15.4. The van der Waals surface area contributed by atoms with Gasteiger partial charge in [0, 0.05) is 23.5 Å². The van der Waals surface area contributed by atoms with Crippen LogP contribution in [0.3, 0.4) is 0 Å². The van der Waals surface area contributed by atoms with Crippen LogP contribution in [0.25, 0.3) is 0 Å². The van der Waals surface area contributed by atoms with Gasteiger partial charge in [0.25, 0.3) is 0 Å². The van der Waals surface area contributed by atoms with E-state index < -0.39 is 10.0 Å². The Morgan fingerprint density at radius 1 is 1.21 bits per heavy atom. The van der Waals surface area contributed by atoms with Crippen LogP contribution in [-0.2, 0) is 16.4 Å². The maximum absolute atomic E-state index is 13.2. The number of sulfonamides is 1. The van der Waals surface area contributed by atoms with Gasteiger partial charge in [-0.15, -0.1) is 11.3 Å². The molecule has 7 heteroatoms. The number of nitrogens with zero attached hydrogens (tertiary/aromatic N) is 1. The van der Waals surface area contributed by atoms with Crippen molar-refractivity contribution in [1.29, 1.82) is 0 Å². The summed E-state index contributed by atoms with van der Waals surface area (Å²) in [5.74, 6) is 0.887. The van der Waals surface area contributed by atoms with Crippen molar-refractivity contribution in [2.45, 2.75) is 30.2 Å². The van der Waals surface area contributed by atoms with Gasteiger partial charge in [0.05, 0.1) is 14.2 Å². The van der Waals surface area contributed by atoms with E-state index in [1.165, 1.54) is 12.0 Å². The summed E-state index contributed by atoms with van der Waals surface area (Å²) in [6.07, 6.45) is 2.57. The van der Waals surface area contributed by atoms with Crippen molar-refractivity contribution in [3.05, 3.63) is 40.6 Å². The van der Waals surface area contributed by atoms with Crippen LogP contribution in [0.5, 0.6) is 11.5 Å². The minimum Gasteiger partial charge on any atom is -0.497 e. The Kier molecular flexibility index (Phi) is 5.12. The van der Waals surface area contributed by atoms with Gasteiger partial charge in [-0.1, -0.05) is 6.07 Å². The van der Waals surface area contributed by atoms with Crippen molar-refractivity contribution in [2.75, 3.05) is 20.8 Å². The van der Waals surface area contributed by atoms with E-state index in [-0.39, 0.29) is 10.9 Å². The number of benzene rings is 1. The predicted octanol–water partition coefficient (Wildman–Crippen LogP) is 3.16. The molecule has 1 saturated carbocycles. The van der Waals surface area contributed by atoms with Gasteiger partial charge in [0.1, 0.15) is 16.4 Å². The quantitative estimate of drug-likeness (QED) is 0.719. The molecule has 0 radical (unpaired) electrons. The molecule has 1 fully saturated rings. The molecule has 0 aliphatic heterocycles. The van der Waals surface area contributed by atoms with Gasteiger partial charge < -0.3 is 9.47 Å². The van der Waals surface area contributed by atoms with Gasteiger partial charge in [0.15, 0.2) is 0 Å². The third-order valence-electron chi connectivity index (χ3n) is 4.07. The normalized spacial score (nSPS) is 14.8. The van der Waals surface area contributed by atoms with Crippen LogP contribution >= 0.6 is 11.3 Å². The Labute approximate surface area is 146 Å². The van der Waals surface area contributed by atoms with Crippen molar-refractivity contribution in [1.82, 2.24) is 4.31 Å². The number of thiophene rings is 1. The van der Waals surface area contributed by atoms with Crippen LogP contribution in [0.4, 0.5) is 0 Å². The molecule has 5 nitrogen and oxygen atoms in total. The molecule has 0 amide bonds. The first-order chi connectivity index (χ1) is 11.6. The first-order valence-electron chi connectivity index (χ1n) is 7.82. The Balaban J connectivity index is 1.88. The number of ether oxygens (including phenoxy) is 2. The van der Waals surface area contributed by atoms with Crippen molar-refractivity contribution in [2.24, 2.45) is 0 Å². The highest BCUT2D eigenvalue weighted by atomic mass is 32.2. The van der Waals surface area contributed by atoms with Crippen molar-refractivity contribution in [3.8, 4) is 11.5 Å². The molecule has 0 N–H and O–H groups in total.